The van der Waals surface area contributed by atoms with Crippen LogP contribution >= 0.6 is 0 Å². The van der Waals surface area contributed by atoms with E-state index in [-0.39, 0.29) is 18.4 Å². The van der Waals surface area contributed by atoms with Gasteiger partial charge in [0.15, 0.2) is 0 Å². The van der Waals surface area contributed by atoms with Crippen LogP contribution in [0.25, 0.3) is 0 Å². The Morgan fingerprint density at radius 2 is 2.46 bits per heavy atom. The topological polar surface area (TPSA) is 69.6 Å². The van der Waals surface area contributed by atoms with Gasteiger partial charge in [-0.3, -0.25) is 14.5 Å². The van der Waals surface area contributed by atoms with Crippen molar-refractivity contribution in [1.82, 2.24) is 10.2 Å². The molecule has 1 atom stereocenters. The van der Waals surface area contributed by atoms with Crippen molar-refractivity contribution in [3.63, 3.8) is 0 Å². The summed E-state index contributed by atoms with van der Waals surface area (Å²) in [6, 6.07) is -0.0662. The van der Waals surface area contributed by atoms with E-state index in [1.165, 1.54) is 0 Å². The molecule has 1 fully saturated rings. The van der Waals surface area contributed by atoms with Crippen molar-refractivity contribution in [2.24, 2.45) is 0 Å². The lowest BCUT2D eigenvalue weighted by Gasteiger charge is -2.31. The van der Waals surface area contributed by atoms with Crippen LogP contribution in [0.5, 0.6) is 0 Å². The quantitative estimate of drug-likeness (QED) is 0.610. The van der Waals surface area contributed by atoms with Gasteiger partial charge in [-0.1, -0.05) is 0 Å². The summed E-state index contributed by atoms with van der Waals surface area (Å²) in [6.07, 6.45) is 0.0906. The van der Waals surface area contributed by atoms with Crippen molar-refractivity contribution >= 4 is 11.9 Å². The van der Waals surface area contributed by atoms with E-state index >= 15 is 0 Å². The van der Waals surface area contributed by atoms with E-state index in [9.17, 15) is 9.59 Å². The van der Waals surface area contributed by atoms with Crippen molar-refractivity contribution in [2.75, 3.05) is 19.6 Å². The molecule has 1 rings (SSSR count). The molecular formula is C8H14N2O3. The van der Waals surface area contributed by atoms with Gasteiger partial charge in [0.1, 0.15) is 0 Å². The van der Waals surface area contributed by atoms with Crippen LogP contribution in [0.2, 0.25) is 0 Å². The average molecular weight is 186 g/mol. The number of hydrogen-bond donors (Lipinski definition) is 2. The monoisotopic (exact) mass is 186 g/mol. The first-order valence-corrected chi connectivity index (χ1v) is 4.32. The Balaban J connectivity index is 2.41. The fourth-order valence-electron chi connectivity index (χ4n) is 1.42. The molecule has 13 heavy (non-hydrogen) atoms. The molecule has 1 amide bonds. The normalized spacial score (nSPS) is 20.8. The molecule has 0 aromatic carbocycles. The first-order chi connectivity index (χ1) is 6.09. The summed E-state index contributed by atoms with van der Waals surface area (Å²) in [5.41, 5.74) is 0. The highest BCUT2D eigenvalue weighted by Crippen LogP contribution is 2.05. The SMILES string of the molecule is CC(CC(=O)O)N1CCNC(=O)C1. The largest absolute Gasteiger partial charge is 0.481 e. The molecule has 0 bridgehead atoms. The van der Waals surface area contributed by atoms with Gasteiger partial charge in [-0.05, 0) is 6.92 Å². The molecule has 0 aliphatic carbocycles. The molecular weight excluding hydrogens is 172 g/mol. The van der Waals surface area contributed by atoms with Crippen molar-refractivity contribution in [3.05, 3.63) is 0 Å². The number of rotatable bonds is 3. The number of carbonyl (C=O) groups is 2. The van der Waals surface area contributed by atoms with Crippen molar-refractivity contribution in [1.29, 1.82) is 0 Å². The highest BCUT2D eigenvalue weighted by atomic mass is 16.4. The van der Waals surface area contributed by atoms with Crippen molar-refractivity contribution < 1.29 is 14.7 Å². The molecule has 1 aliphatic rings. The minimum atomic E-state index is -0.821. The van der Waals surface area contributed by atoms with Crippen LogP contribution in [0.3, 0.4) is 0 Å². The maximum absolute atomic E-state index is 11.0. The van der Waals surface area contributed by atoms with Crippen molar-refractivity contribution in [3.8, 4) is 0 Å². The van der Waals surface area contributed by atoms with Gasteiger partial charge in [-0.15, -0.1) is 0 Å². The van der Waals surface area contributed by atoms with E-state index in [1.54, 1.807) is 0 Å². The molecule has 1 saturated heterocycles. The molecule has 0 spiro atoms. The van der Waals surface area contributed by atoms with Gasteiger partial charge in [-0.2, -0.15) is 0 Å². The smallest absolute Gasteiger partial charge is 0.304 e. The Labute approximate surface area is 76.7 Å². The number of hydrogen-bond acceptors (Lipinski definition) is 3. The standard InChI is InChI=1S/C8H14N2O3/c1-6(4-8(12)13)10-3-2-9-7(11)5-10/h6H,2-5H2,1H3,(H,9,11)(H,12,13). The highest BCUT2D eigenvalue weighted by molar-refractivity contribution is 5.78. The van der Waals surface area contributed by atoms with E-state index < -0.39 is 5.97 Å². The second kappa shape index (κ2) is 4.23. The molecule has 1 unspecified atom stereocenters. The number of piperazine rings is 1. The number of carbonyl (C=O) groups excluding carboxylic acids is 1. The van der Waals surface area contributed by atoms with E-state index in [0.29, 0.717) is 13.1 Å². The number of nitrogens with zero attached hydrogens (tertiary/aromatic N) is 1. The summed E-state index contributed by atoms with van der Waals surface area (Å²) in [5, 5.41) is 11.2. The lowest BCUT2D eigenvalue weighted by atomic mass is 10.2. The van der Waals surface area contributed by atoms with Gasteiger partial charge in [-0.25, -0.2) is 0 Å². The van der Waals surface area contributed by atoms with Crippen LogP contribution in [0.1, 0.15) is 13.3 Å². The Hall–Kier alpha value is -1.10. The van der Waals surface area contributed by atoms with Crippen LogP contribution < -0.4 is 5.32 Å². The summed E-state index contributed by atoms with van der Waals surface area (Å²) >= 11 is 0. The van der Waals surface area contributed by atoms with Crippen molar-refractivity contribution in [2.45, 2.75) is 19.4 Å². The molecule has 5 heteroatoms. The third-order valence-corrected chi connectivity index (χ3v) is 2.16. The van der Waals surface area contributed by atoms with Gasteiger partial charge >= 0.3 is 5.97 Å². The fraction of sp³-hybridized carbons (Fsp3) is 0.750. The summed E-state index contributed by atoms with van der Waals surface area (Å²) in [7, 11) is 0. The van der Waals surface area contributed by atoms with Gasteiger partial charge in [0.25, 0.3) is 0 Å². The Kier molecular flexibility index (Phi) is 3.25. The molecule has 5 nitrogen and oxygen atoms in total. The molecule has 1 aliphatic heterocycles. The number of carboxylic acids is 1. The molecule has 74 valence electrons. The number of carboxylic acid groups (broad SMARTS) is 1. The molecule has 1 heterocycles. The zero-order valence-corrected chi connectivity index (χ0v) is 7.62. The zero-order chi connectivity index (χ0) is 9.84. The van der Waals surface area contributed by atoms with E-state index in [2.05, 4.69) is 5.32 Å². The van der Waals surface area contributed by atoms with Gasteiger partial charge in [0.05, 0.1) is 13.0 Å². The maximum Gasteiger partial charge on any atom is 0.304 e. The zero-order valence-electron chi connectivity index (χ0n) is 7.62. The van der Waals surface area contributed by atoms with Gasteiger partial charge in [0, 0.05) is 19.1 Å². The summed E-state index contributed by atoms with van der Waals surface area (Å²) in [5.74, 6) is -0.845. The van der Waals surface area contributed by atoms with Crippen LogP contribution in [0.15, 0.2) is 0 Å². The van der Waals surface area contributed by atoms with E-state index in [4.69, 9.17) is 5.11 Å². The van der Waals surface area contributed by atoms with E-state index in [0.717, 1.165) is 6.54 Å². The lowest BCUT2D eigenvalue weighted by Crippen LogP contribution is -2.51. The Morgan fingerprint density at radius 3 is 3.00 bits per heavy atom. The predicted molar refractivity (Wildman–Crippen MR) is 46.3 cm³/mol. The summed E-state index contributed by atoms with van der Waals surface area (Å²) < 4.78 is 0. The molecule has 2 N–H and O–H groups in total. The lowest BCUT2D eigenvalue weighted by molar-refractivity contribution is -0.139. The first kappa shape index (κ1) is 9.98. The second-order valence-corrected chi connectivity index (χ2v) is 3.27. The first-order valence-electron chi connectivity index (χ1n) is 4.32. The summed E-state index contributed by atoms with van der Waals surface area (Å²) in [4.78, 5) is 23.3. The predicted octanol–water partition coefficient (Wildman–Crippen LogP) is -0.719. The van der Waals surface area contributed by atoms with E-state index in [1.807, 2.05) is 11.8 Å². The minimum Gasteiger partial charge on any atom is -0.481 e. The van der Waals surface area contributed by atoms with Crippen LogP contribution in [-0.4, -0.2) is 47.6 Å². The number of aliphatic carboxylic acids is 1. The third-order valence-electron chi connectivity index (χ3n) is 2.16. The third kappa shape index (κ3) is 3.02. The Morgan fingerprint density at radius 1 is 1.77 bits per heavy atom. The van der Waals surface area contributed by atoms with Crippen LogP contribution in [-0.2, 0) is 9.59 Å². The van der Waals surface area contributed by atoms with Gasteiger partial charge in [0.2, 0.25) is 5.91 Å². The fourth-order valence-corrected chi connectivity index (χ4v) is 1.42. The minimum absolute atomic E-state index is 0.0245. The molecule has 0 aromatic rings. The highest BCUT2D eigenvalue weighted by Gasteiger charge is 2.22. The Bertz CT molecular complexity index is 217. The molecule has 0 aromatic heterocycles. The number of nitrogens with one attached hydrogen (secondary N) is 1. The number of amides is 1. The summed E-state index contributed by atoms with van der Waals surface area (Å²) in [6.45, 7) is 3.49. The van der Waals surface area contributed by atoms with Crippen LogP contribution in [0, 0.1) is 0 Å². The molecule has 0 radical (unpaired) electrons. The van der Waals surface area contributed by atoms with Crippen LogP contribution in [0.4, 0.5) is 0 Å². The molecule has 0 saturated carbocycles. The average Bonchev–Trinajstić information content (AvgIpc) is 2.03. The van der Waals surface area contributed by atoms with Gasteiger partial charge < -0.3 is 10.4 Å². The second-order valence-electron chi connectivity index (χ2n) is 3.27. The maximum atomic E-state index is 11.0.